The number of halogens is 1. The highest BCUT2D eigenvalue weighted by Crippen LogP contribution is 2.37. The van der Waals surface area contributed by atoms with Crippen LogP contribution >= 0.6 is 0 Å². The van der Waals surface area contributed by atoms with Gasteiger partial charge in [-0.25, -0.2) is 9.18 Å². The second kappa shape index (κ2) is 9.45. The van der Waals surface area contributed by atoms with Crippen LogP contribution in [0.25, 0.3) is 0 Å². The predicted molar refractivity (Wildman–Crippen MR) is 124 cm³/mol. The van der Waals surface area contributed by atoms with Gasteiger partial charge in [-0.2, -0.15) is 0 Å². The minimum absolute atomic E-state index is 0.0934. The third-order valence-electron chi connectivity index (χ3n) is 7.58. The molecule has 0 saturated carbocycles. The van der Waals surface area contributed by atoms with Gasteiger partial charge in [-0.1, -0.05) is 12.1 Å². The van der Waals surface area contributed by atoms with Gasteiger partial charge in [0.15, 0.2) is 0 Å². The van der Waals surface area contributed by atoms with E-state index in [0.29, 0.717) is 43.9 Å². The Morgan fingerprint density at radius 3 is 2.51 bits per heavy atom. The van der Waals surface area contributed by atoms with Gasteiger partial charge < -0.3 is 19.4 Å². The molecule has 0 radical (unpaired) electrons. The number of nitrogens with one attached hydrogen (secondary N) is 1. The van der Waals surface area contributed by atoms with E-state index in [2.05, 4.69) is 5.32 Å². The fraction of sp³-hybridized carbons (Fsp3) is 0.500. The molecule has 2 aromatic rings. The van der Waals surface area contributed by atoms with Gasteiger partial charge in [0.2, 0.25) is 0 Å². The topological polar surface area (TPSA) is 92.1 Å². The fourth-order valence-corrected chi connectivity index (χ4v) is 5.62. The van der Waals surface area contributed by atoms with Crippen LogP contribution in [-0.2, 0) is 16.0 Å². The lowest BCUT2D eigenvalue weighted by atomic mass is 9.73. The third kappa shape index (κ3) is 4.45. The number of carbonyl (C=O) groups excluding carboxylic acids is 3. The molecule has 8 nitrogen and oxygen atoms in total. The average molecular weight is 484 g/mol. The number of furan rings is 1. The van der Waals surface area contributed by atoms with E-state index in [1.165, 1.54) is 23.3 Å². The van der Waals surface area contributed by atoms with Crippen molar-refractivity contribution in [3.05, 3.63) is 59.3 Å². The second-order valence-electron chi connectivity index (χ2n) is 9.71. The molecule has 0 spiro atoms. The Balaban J connectivity index is 1.37. The number of urea groups is 1. The van der Waals surface area contributed by atoms with Crippen molar-refractivity contribution in [1.82, 2.24) is 15.1 Å². The van der Waals surface area contributed by atoms with Gasteiger partial charge in [-0.15, -0.1) is 0 Å². The molecule has 4 heterocycles. The van der Waals surface area contributed by atoms with E-state index >= 15 is 0 Å². The molecular weight excluding hydrogens is 453 g/mol. The van der Waals surface area contributed by atoms with Gasteiger partial charge in [-0.05, 0) is 62.3 Å². The van der Waals surface area contributed by atoms with Crippen LogP contribution < -0.4 is 5.32 Å². The third-order valence-corrected chi connectivity index (χ3v) is 7.58. The normalized spacial score (nSPS) is 25.4. The molecule has 1 aromatic heterocycles. The van der Waals surface area contributed by atoms with E-state index in [-0.39, 0.29) is 42.6 Å². The van der Waals surface area contributed by atoms with Crippen LogP contribution in [0.4, 0.5) is 9.18 Å². The van der Waals surface area contributed by atoms with Crippen molar-refractivity contribution in [3.8, 4) is 0 Å². The molecule has 1 aromatic carbocycles. The lowest BCUT2D eigenvalue weighted by molar-refractivity contribution is -0.135. The van der Waals surface area contributed by atoms with Gasteiger partial charge in [-0.3, -0.25) is 14.5 Å². The van der Waals surface area contributed by atoms with E-state index in [4.69, 9.17) is 9.15 Å². The summed E-state index contributed by atoms with van der Waals surface area (Å²) in [6.07, 6.45) is 4.46. The summed E-state index contributed by atoms with van der Waals surface area (Å²) in [7, 11) is 0. The molecule has 35 heavy (non-hydrogen) atoms. The molecule has 3 fully saturated rings. The van der Waals surface area contributed by atoms with Crippen molar-refractivity contribution in [2.75, 3.05) is 26.2 Å². The number of hydrogen-bond acceptors (Lipinski definition) is 5. The Morgan fingerprint density at radius 1 is 1.14 bits per heavy atom. The first-order valence-electron chi connectivity index (χ1n) is 12.2. The van der Waals surface area contributed by atoms with Crippen molar-refractivity contribution in [1.29, 1.82) is 0 Å². The predicted octanol–water partition coefficient (Wildman–Crippen LogP) is 3.29. The number of imide groups is 1. The van der Waals surface area contributed by atoms with E-state index in [1.54, 1.807) is 30.0 Å². The smallest absolute Gasteiger partial charge is 0.325 e. The summed E-state index contributed by atoms with van der Waals surface area (Å²) in [6, 6.07) is 7.29. The number of amides is 4. The Morgan fingerprint density at radius 2 is 1.89 bits per heavy atom. The highest BCUT2D eigenvalue weighted by Gasteiger charge is 2.56. The Labute approximate surface area is 203 Å². The molecule has 3 aliphatic rings. The summed E-state index contributed by atoms with van der Waals surface area (Å²) in [6.45, 7) is 3.56. The largest absolute Gasteiger partial charge is 0.469 e. The lowest BCUT2D eigenvalue weighted by Gasteiger charge is -2.41. The molecule has 5 rings (SSSR count). The monoisotopic (exact) mass is 483 g/mol. The molecule has 0 bridgehead atoms. The molecule has 3 saturated heterocycles. The minimum atomic E-state index is -1.14. The number of piperidine rings is 1. The molecule has 1 N–H and O–H groups in total. The first kappa shape index (κ1) is 23.5. The zero-order valence-electron chi connectivity index (χ0n) is 19.8. The van der Waals surface area contributed by atoms with Crippen LogP contribution in [0.15, 0.2) is 41.0 Å². The number of ether oxygens (including phenoxy) is 1. The summed E-state index contributed by atoms with van der Waals surface area (Å²) >= 11 is 0. The SMILES string of the molecule is Cc1occc1C(=O)N1CCC(C2(Cc3ccc(F)cc3)NC(=O)N(CC3CCCO3)C2=O)CC1. The first-order chi connectivity index (χ1) is 16.9. The molecule has 2 atom stereocenters. The Bertz CT molecular complexity index is 1100. The standard InChI is InChI=1S/C26H30FN3O5/c1-17-22(10-14-34-17)23(31)29-11-8-19(9-12-29)26(15-18-4-6-20(27)7-5-18)24(32)30(25(33)28-26)16-21-3-2-13-35-21/h4-7,10,14,19,21H,2-3,8-9,11-13,15-16H2,1H3,(H,28,33). The molecule has 4 amide bonds. The van der Waals surface area contributed by atoms with Gasteiger partial charge in [0.25, 0.3) is 11.8 Å². The van der Waals surface area contributed by atoms with Crippen LogP contribution in [-0.4, -0.2) is 65.5 Å². The van der Waals surface area contributed by atoms with Gasteiger partial charge in [0.1, 0.15) is 17.1 Å². The summed E-state index contributed by atoms with van der Waals surface area (Å²) in [5.41, 5.74) is 0.165. The highest BCUT2D eigenvalue weighted by atomic mass is 19.1. The number of hydrogen-bond donors (Lipinski definition) is 1. The van der Waals surface area contributed by atoms with Crippen LogP contribution in [0, 0.1) is 18.7 Å². The quantitative estimate of drug-likeness (QED) is 0.637. The average Bonchev–Trinajstić information content (AvgIpc) is 3.58. The maximum absolute atomic E-state index is 13.9. The molecule has 3 aliphatic heterocycles. The fourth-order valence-electron chi connectivity index (χ4n) is 5.62. The summed E-state index contributed by atoms with van der Waals surface area (Å²) in [5.74, 6) is -0.311. The molecular formula is C26H30FN3O5. The van der Waals surface area contributed by atoms with E-state index < -0.39 is 11.6 Å². The van der Waals surface area contributed by atoms with Crippen molar-refractivity contribution >= 4 is 17.8 Å². The molecule has 186 valence electrons. The number of nitrogens with zero attached hydrogens (tertiary/aromatic N) is 2. The maximum Gasteiger partial charge on any atom is 0.325 e. The summed E-state index contributed by atoms with van der Waals surface area (Å²) in [5, 5.41) is 3.02. The number of aryl methyl sites for hydroxylation is 1. The van der Waals surface area contributed by atoms with Crippen molar-refractivity contribution in [3.63, 3.8) is 0 Å². The van der Waals surface area contributed by atoms with E-state index in [1.807, 2.05) is 0 Å². The molecule has 0 aliphatic carbocycles. The summed E-state index contributed by atoms with van der Waals surface area (Å²) < 4.78 is 24.5. The van der Waals surface area contributed by atoms with Gasteiger partial charge in [0.05, 0.1) is 24.5 Å². The second-order valence-corrected chi connectivity index (χ2v) is 9.71. The molecule has 2 unspecified atom stereocenters. The van der Waals surface area contributed by atoms with E-state index in [0.717, 1.165) is 18.4 Å². The van der Waals surface area contributed by atoms with Crippen LogP contribution in [0.3, 0.4) is 0 Å². The Hall–Kier alpha value is -3.20. The zero-order valence-corrected chi connectivity index (χ0v) is 19.8. The number of benzene rings is 1. The molecule has 9 heteroatoms. The number of carbonyl (C=O) groups is 3. The van der Waals surface area contributed by atoms with Crippen LogP contribution in [0.5, 0.6) is 0 Å². The van der Waals surface area contributed by atoms with Crippen LogP contribution in [0.2, 0.25) is 0 Å². The van der Waals surface area contributed by atoms with Crippen molar-refractivity contribution < 1.29 is 27.9 Å². The van der Waals surface area contributed by atoms with Crippen molar-refractivity contribution in [2.45, 2.75) is 50.7 Å². The van der Waals surface area contributed by atoms with E-state index in [9.17, 15) is 18.8 Å². The van der Waals surface area contributed by atoms with Crippen molar-refractivity contribution in [2.24, 2.45) is 5.92 Å². The van der Waals surface area contributed by atoms with Gasteiger partial charge >= 0.3 is 6.03 Å². The number of rotatable bonds is 6. The maximum atomic E-state index is 13.9. The first-order valence-corrected chi connectivity index (χ1v) is 12.2. The minimum Gasteiger partial charge on any atom is -0.469 e. The zero-order chi connectivity index (χ0) is 24.6. The van der Waals surface area contributed by atoms with Crippen LogP contribution in [0.1, 0.15) is 47.4 Å². The Kier molecular flexibility index (Phi) is 6.35. The number of likely N-dealkylation sites (tertiary alicyclic amines) is 1. The lowest BCUT2D eigenvalue weighted by Crippen LogP contribution is -2.58. The highest BCUT2D eigenvalue weighted by molar-refractivity contribution is 6.07. The van der Waals surface area contributed by atoms with Gasteiger partial charge in [0, 0.05) is 26.1 Å². The summed E-state index contributed by atoms with van der Waals surface area (Å²) in [4.78, 5) is 42.9.